The molecule has 4 rings (SSSR count). The number of nitrogens with one attached hydrogen (secondary N) is 1. The maximum Gasteiger partial charge on any atom is 0.225 e. The zero-order valence-electron chi connectivity index (χ0n) is 16.5. The Balaban J connectivity index is 1.51. The summed E-state index contributed by atoms with van der Waals surface area (Å²) >= 11 is 0. The molecule has 0 radical (unpaired) electrons. The summed E-state index contributed by atoms with van der Waals surface area (Å²) in [4.78, 5) is 23.1. The van der Waals surface area contributed by atoms with E-state index in [1.54, 1.807) is 0 Å². The average molecular weight is 365 g/mol. The van der Waals surface area contributed by atoms with E-state index in [1.807, 2.05) is 29.5 Å². The Bertz CT molecular complexity index is 961. The molecular formula is C21H27N5O. The topological polar surface area (TPSA) is 66.8 Å². The van der Waals surface area contributed by atoms with Gasteiger partial charge in [0, 0.05) is 25.2 Å². The molecule has 1 amide bonds. The SMILES string of the molecule is Cc1cc(C)n(CCC(=O)N2CCCC2c2nc3cc(C)c(C)cc3[nH]2)n1. The number of hydrogen-bond donors (Lipinski definition) is 1. The van der Waals surface area contributed by atoms with Crippen molar-refractivity contribution in [2.45, 2.75) is 59.5 Å². The number of benzene rings is 1. The van der Waals surface area contributed by atoms with Crippen molar-refractivity contribution in [1.29, 1.82) is 0 Å². The second kappa shape index (κ2) is 6.83. The van der Waals surface area contributed by atoms with Gasteiger partial charge in [-0.2, -0.15) is 5.10 Å². The molecule has 2 aromatic heterocycles. The standard InChI is InChI=1S/C21H27N5O/c1-13-10-17-18(11-14(13)2)23-21(22-17)19-6-5-8-25(19)20(27)7-9-26-16(4)12-15(3)24-26/h10-12,19H,5-9H2,1-4H3,(H,22,23). The number of likely N-dealkylation sites (tertiary alicyclic amines) is 1. The molecule has 6 heteroatoms. The smallest absolute Gasteiger partial charge is 0.225 e. The molecule has 1 fully saturated rings. The Morgan fingerprint density at radius 2 is 1.96 bits per heavy atom. The van der Waals surface area contributed by atoms with Gasteiger partial charge < -0.3 is 9.88 Å². The lowest BCUT2D eigenvalue weighted by atomic mass is 10.1. The number of aryl methyl sites for hydroxylation is 5. The fourth-order valence-corrected chi connectivity index (χ4v) is 4.04. The highest BCUT2D eigenvalue weighted by molar-refractivity contribution is 5.79. The first kappa shape index (κ1) is 17.8. The quantitative estimate of drug-likeness (QED) is 0.766. The first-order valence-corrected chi connectivity index (χ1v) is 9.70. The Kier molecular flexibility index (Phi) is 4.50. The van der Waals surface area contributed by atoms with Crippen LogP contribution < -0.4 is 0 Å². The summed E-state index contributed by atoms with van der Waals surface area (Å²) in [5, 5.41) is 4.46. The van der Waals surface area contributed by atoms with Crippen LogP contribution in [0.4, 0.5) is 0 Å². The molecule has 27 heavy (non-hydrogen) atoms. The molecule has 0 aliphatic carbocycles. The van der Waals surface area contributed by atoms with Gasteiger partial charge in [0.2, 0.25) is 5.91 Å². The van der Waals surface area contributed by atoms with E-state index in [0.717, 1.165) is 47.6 Å². The summed E-state index contributed by atoms with van der Waals surface area (Å²) in [6.45, 7) is 9.65. The van der Waals surface area contributed by atoms with Crippen molar-refractivity contribution in [3.05, 3.63) is 46.5 Å². The molecule has 1 aliphatic heterocycles. The Morgan fingerprint density at radius 1 is 1.19 bits per heavy atom. The van der Waals surface area contributed by atoms with Crippen LogP contribution in [0, 0.1) is 27.7 Å². The minimum Gasteiger partial charge on any atom is -0.340 e. The highest BCUT2D eigenvalue weighted by atomic mass is 16.2. The summed E-state index contributed by atoms with van der Waals surface area (Å²) < 4.78 is 1.92. The van der Waals surface area contributed by atoms with Crippen molar-refractivity contribution in [2.24, 2.45) is 0 Å². The van der Waals surface area contributed by atoms with E-state index in [9.17, 15) is 4.79 Å². The van der Waals surface area contributed by atoms with E-state index < -0.39 is 0 Å². The number of fused-ring (bicyclic) bond motifs is 1. The van der Waals surface area contributed by atoms with Crippen LogP contribution >= 0.6 is 0 Å². The molecule has 1 unspecified atom stereocenters. The fraction of sp³-hybridized carbons (Fsp3) is 0.476. The molecular weight excluding hydrogens is 338 g/mol. The van der Waals surface area contributed by atoms with Crippen LogP contribution in [-0.2, 0) is 11.3 Å². The second-order valence-corrected chi connectivity index (χ2v) is 7.72. The fourth-order valence-electron chi connectivity index (χ4n) is 4.04. The monoisotopic (exact) mass is 365 g/mol. The predicted octanol–water partition coefficient (Wildman–Crippen LogP) is 3.75. The molecule has 1 N–H and O–H groups in total. The lowest BCUT2D eigenvalue weighted by Crippen LogP contribution is -2.31. The van der Waals surface area contributed by atoms with Crippen LogP contribution in [0.1, 0.15) is 53.6 Å². The van der Waals surface area contributed by atoms with Gasteiger partial charge in [-0.3, -0.25) is 9.48 Å². The third kappa shape index (κ3) is 3.36. The summed E-state index contributed by atoms with van der Waals surface area (Å²) in [6.07, 6.45) is 2.45. The summed E-state index contributed by atoms with van der Waals surface area (Å²) in [5.74, 6) is 1.09. The number of aromatic nitrogens is 4. The van der Waals surface area contributed by atoms with Gasteiger partial charge in [0.25, 0.3) is 0 Å². The van der Waals surface area contributed by atoms with Crippen LogP contribution in [-0.4, -0.2) is 37.1 Å². The zero-order valence-corrected chi connectivity index (χ0v) is 16.5. The van der Waals surface area contributed by atoms with Crippen molar-refractivity contribution in [3.8, 4) is 0 Å². The first-order valence-electron chi connectivity index (χ1n) is 9.70. The second-order valence-electron chi connectivity index (χ2n) is 7.72. The van der Waals surface area contributed by atoms with Gasteiger partial charge in [0.15, 0.2) is 0 Å². The molecule has 1 saturated heterocycles. The van der Waals surface area contributed by atoms with Gasteiger partial charge in [-0.05, 0) is 69.9 Å². The van der Waals surface area contributed by atoms with Gasteiger partial charge in [0.05, 0.1) is 22.8 Å². The predicted molar refractivity (Wildman–Crippen MR) is 106 cm³/mol. The van der Waals surface area contributed by atoms with Crippen LogP contribution in [0.3, 0.4) is 0 Å². The molecule has 142 valence electrons. The molecule has 6 nitrogen and oxygen atoms in total. The molecule has 1 aliphatic rings. The summed E-state index contributed by atoms with van der Waals surface area (Å²) in [6, 6.07) is 6.35. The largest absolute Gasteiger partial charge is 0.340 e. The molecule has 1 aromatic carbocycles. The van der Waals surface area contributed by atoms with Gasteiger partial charge in [-0.15, -0.1) is 0 Å². The third-order valence-electron chi connectivity index (χ3n) is 5.65. The summed E-state index contributed by atoms with van der Waals surface area (Å²) in [7, 11) is 0. The number of rotatable bonds is 4. The normalized spacial score (nSPS) is 17.2. The van der Waals surface area contributed by atoms with Crippen LogP contribution in [0.25, 0.3) is 11.0 Å². The number of nitrogens with zero attached hydrogens (tertiary/aromatic N) is 4. The molecule has 3 aromatic rings. The highest BCUT2D eigenvalue weighted by Gasteiger charge is 2.32. The minimum absolute atomic E-state index is 0.0472. The van der Waals surface area contributed by atoms with Crippen molar-refractivity contribution < 1.29 is 4.79 Å². The van der Waals surface area contributed by atoms with Crippen LogP contribution in [0.15, 0.2) is 18.2 Å². The van der Waals surface area contributed by atoms with Crippen molar-refractivity contribution in [2.75, 3.05) is 6.54 Å². The van der Waals surface area contributed by atoms with E-state index in [1.165, 1.54) is 11.1 Å². The first-order chi connectivity index (χ1) is 12.9. The molecule has 1 atom stereocenters. The van der Waals surface area contributed by atoms with Gasteiger partial charge in [-0.25, -0.2) is 4.98 Å². The number of amides is 1. The number of H-pyrrole nitrogens is 1. The summed E-state index contributed by atoms with van der Waals surface area (Å²) in [5.41, 5.74) is 6.62. The lowest BCUT2D eigenvalue weighted by Gasteiger charge is -2.23. The van der Waals surface area contributed by atoms with E-state index in [0.29, 0.717) is 13.0 Å². The minimum atomic E-state index is 0.0472. The van der Waals surface area contributed by atoms with Gasteiger partial charge in [-0.1, -0.05) is 0 Å². The maximum atomic E-state index is 12.9. The lowest BCUT2D eigenvalue weighted by molar-refractivity contribution is -0.132. The molecule has 0 bridgehead atoms. The number of hydrogen-bond acceptors (Lipinski definition) is 3. The number of carbonyl (C=O) groups is 1. The molecule has 3 heterocycles. The number of imidazole rings is 1. The van der Waals surface area contributed by atoms with E-state index in [4.69, 9.17) is 4.98 Å². The van der Waals surface area contributed by atoms with E-state index >= 15 is 0 Å². The van der Waals surface area contributed by atoms with Crippen molar-refractivity contribution >= 4 is 16.9 Å². The third-order valence-corrected chi connectivity index (χ3v) is 5.65. The zero-order chi connectivity index (χ0) is 19.1. The Hall–Kier alpha value is -2.63. The Morgan fingerprint density at radius 3 is 2.70 bits per heavy atom. The van der Waals surface area contributed by atoms with Crippen LogP contribution in [0.5, 0.6) is 0 Å². The van der Waals surface area contributed by atoms with E-state index in [-0.39, 0.29) is 11.9 Å². The molecule has 0 spiro atoms. The maximum absolute atomic E-state index is 12.9. The van der Waals surface area contributed by atoms with Crippen molar-refractivity contribution in [3.63, 3.8) is 0 Å². The number of aromatic amines is 1. The van der Waals surface area contributed by atoms with Crippen LogP contribution in [0.2, 0.25) is 0 Å². The average Bonchev–Trinajstić information content (AvgIpc) is 3.31. The number of carbonyl (C=O) groups excluding carboxylic acids is 1. The Labute approximate surface area is 159 Å². The van der Waals surface area contributed by atoms with Gasteiger partial charge in [0.1, 0.15) is 5.82 Å². The highest BCUT2D eigenvalue weighted by Crippen LogP contribution is 2.32. The van der Waals surface area contributed by atoms with Gasteiger partial charge >= 0.3 is 0 Å². The van der Waals surface area contributed by atoms with Crippen molar-refractivity contribution in [1.82, 2.24) is 24.6 Å². The van der Waals surface area contributed by atoms with E-state index in [2.05, 4.69) is 36.1 Å². The molecule has 0 saturated carbocycles.